The summed E-state index contributed by atoms with van der Waals surface area (Å²) >= 11 is 1.63. The number of hydrogen-bond donors (Lipinski definition) is 1. The van der Waals surface area contributed by atoms with Gasteiger partial charge >= 0.3 is 0 Å². The molecule has 0 saturated heterocycles. The molecule has 90 valence electrons. The third kappa shape index (κ3) is 3.17. The first-order valence-electron chi connectivity index (χ1n) is 5.55. The van der Waals surface area contributed by atoms with E-state index in [0.717, 1.165) is 10.8 Å². The summed E-state index contributed by atoms with van der Waals surface area (Å²) in [6, 6.07) is 5.85. The number of pyridine rings is 1. The molecule has 0 aliphatic heterocycles. The van der Waals surface area contributed by atoms with Crippen LogP contribution in [0.1, 0.15) is 24.9 Å². The van der Waals surface area contributed by atoms with Crippen molar-refractivity contribution in [1.82, 2.24) is 9.97 Å². The maximum atomic E-state index is 5.35. The van der Waals surface area contributed by atoms with E-state index in [1.807, 2.05) is 36.7 Å². The van der Waals surface area contributed by atoms with Crippen LogP contribution in [0.15, 0.2) is 29.8 Å². The van der Waals surface area contributed by atoms with Gasteiger partial charge in [0, 0.05) is 17.6 Å². The van der Waals surface area contributed by atoms with Crippen LogP contribution in [0.4, 0.5) is 5.82 Å². The Balaban J connectivity index is 2.05. The molecule has 2 aromatic heterocycles. The van der Waals surface area contributed by atoms with E-state index in [2.05, 4.69) is 22.2 Å². The molecule has 2 heterocycles. The van der Waals surface area contributed by atoms with Crippen molar-refractivity contribution in [2.24, 2.45) is 0 Å². The van der Waals surface area contributed by atoms with Crippen LogP contribution in [0.2, 0.25) is 0 Å². The topological polar surface area (TPSA) is 47.0 Å². The van der Waals surface area contributed by atoms with Crippen LogP contribution >= 0.6 is 11.3 Å². The highest BCUT2D eigenvalue weighted by molar-refractivity contribution is 7.09. The third-order valence-electron chi connectivity index (χ3n) is 2.20. The second-order valence-electron chi connectivity index (χ2n) is 3.53. The Bertz CT molecular complexity index is 459. The molecule has 0 fully saturated rings. The van der Waals surface area contributed by atoms with Gasteiger partial charge < -0.3 is 10.1 Å². The smallest absolute Gasteiger partial charge is 0.215 e. The molecule has 0 bridgehead atoms. The second kappa shape index (κ2) is 5.63. The number of aromatic nitrogens is 2. The number of nitrogens with zero attached hydrogens (tertiary/aromatic N) is 2. The van der Waals surface area contributed by atoms with Gasteiger partial charge in [0.05, 0.1) is 12.6 Å². The molecule has 17 heavy (non-hydrogen) atoms. The Morgan fingerprint density at radius 2 is 2.35 bits per heavy atom. The standard InChI is InChI=1S/C12H15N3OS/c1-3-16-11-6-4-5-10(15-11)14-9(2)12-13-7-8-17-12/h4-9H,3H2,1-2H3,(H,14,15). The summed E-state index contributed by atoms with van der Waals surface area (Å²) in [6.45, 7) is 4.63. The molecule has 1 atom stereocenters. The van der Waals surface area contributed by atoms with Crippen LogP contribution < -0.4 is 10.1 Å². The first kappa shape index (κ1) is 11.9. The van der Waals surface area contributed by atoms with Crippen molar-refractivity contribution >= 4 is 17.2 Å². The molecule has 2 rings (SSSR count). The highest BCUT2D eigenvalue weighted by atomic mass is 32.1. The maximum absolute atomic E-state index is 5.35. The molecule has 2 aromatic rings. The number of hydrogen-bond acceptors (Lipinski definition) is 5. The minimum Gasteiger partial charge on any atom is -0.478 e. The molecule has 5 heteroatoms. The SMILES string of the molecule is CCOc1cccc(NC(C)c2nccs2)n1. The lowest BCUT2D eigenvalue weighted by molar-refractivity contribution is 0.327. The first-order valence-corrected chi connectivity index (χ1v) is 6.43. The zero-order valence-electron chi connectivity index (χ0n) is 9.88. The van der Waals surface area contributed by atoms with Gasteiger partial charge in [-0.1, -0.05) is 6.07 Å². The van der Waals surface area contributed by atoms with E-state index in [-0.39, 0.29) is 6.04 Å². The fourth-order valence-electron chi connectivity index (χ4n) is 1.46. The monoisotopic (exact) mass is 249 g/mol. The van der Waals surface area contributed by atoms with E-state index < -0.39 is 0 Å². The normalized spacial score (nSPS) is 12.1. The highest BCUT2D eigenvalue weighted by Crippen LogP contribution is 2.20. The zero-order chi connectivity index (χ0) is 12.1. The van der Waals surface area contributed by atoms with Gasteiger partial charge in [0.15, 0.2) is 0 Å². The predicted molar refractivity (Wildman–Crippen MR) is 69.6 cm³/mol. The molecule has 0 aliphatic carbocycles. The quantitative estimate of drug-likeness (QED) is 0.884. The van der Waals surface area contributed by atoms with Gasteiger partial charge in [-0.15, -0.1) is 11.3 Å². The minimum absolute atomic E-state index is 0.152. The average Bonchev–Trinajstić information content (AvgIpc) is 2.83. The summed E-state index contributed by atoms with van der Waals surface area (Å²) in [5.74, 6) is 1.45. The van der Waals surface area contributed by atoms with Gasteiger partial charge in [0.25, 0.3) is 0 Å². The Hall–Kier alpha value is -1.62. The van der Waals surface area contributed by atoms with Crippen LogP contribution in [-0.4, -0.2) is 16.6 Å². The lowest BCUT2D eigenvalue weighted by atomic mass is 10.3. The molecule has 1 unspecified atom stereocenters. The van der Waals surface area contributed by atoms with E-state index in [1.165, 1.54) is 0 Å². The number of ether oxygens (including phenoxy) is 1. The van der Waals surface area contributed by atoms with Gasteiger partial charge in [-0.3, -0.25) is 0 Å². The molecule has 0 spiro atoms. The van der Waals surface area contributed by atoms with Gasteiger partial charge in [0.1, 0.15) is 10.8 Å². The van der Waals surface area contributed by atoms with E-state index >= 15 is 0 Å². The molecule has 0 radical (unpaired) electrons. The number of nitrogens with one attached hydrogen (secondary N) is 1. The van der Waals surface area contributed by atoms with E-state index in [9.17, 15) is 0 Å². The fourth-order valence-corrected chi connectivity index (χ4v) is 2.10. The molecule has 1 N–H and O–H groups in total. The largest absolute Gasteiger partial charge is 0.478 e. The van der Waals surface area contributed by atoms with Crippen molar-refractivity contribution in [3.8, 4) is 5.88 Å². The summed E-state index contributed by atoms with van der Waals surface area (Å²) in [7, 11) is 0. The van der Waals surface area contributed by atoms with Gasteiger partial charge in [-0.05, 0) is 19.9 Å². The summed E-state index contributed by atoms with van der Waals surface area (Å²) in [5.41, 5.74) is 0. The first-order chi connectivity index (χ1) is 8.29. The van der Waals surface area contributed by atoms with Crippen LogP contribution in [0, 0.1) is 0 Å². The maximum Gasteiger partial charge on any atom is 0.215 e. The molecular formula is C12H15N3OS. The van der Waals surface area contributed by atoms with Crippen LogP contribution in [-0.2, 0) is 0 Å². The summed E-state index contributed by atoms with van der Waals surface area (Å²) in [4.78, 5) is 8.62. The van der Waals surface area contributed by atoms with Crippen molar-refractivity contribution in [2.45, 2.75) is 19.9 Å². The van der Waals surface area contributed by atoms with E-state index in [1.54, 1.807) is 11.3 Å². The average molecular weight is 249 g/mol. The van der Waals surface area contributed by atoms with Crippen molar-refractivity contribution in [3.63, 3.8) is 0 Å². The highest BCUT2D eigenvalue weighted by Gasteiger charge is 2.08. The van der Waals surface area contributed by atoms with Crippen LogP contribution in [0.5, 0.6) is 5.88 Å². The Kier molecular flexibility index (Phi) is 3.93. The Morgan fingerprint density at radius 3 is 3.06 bits per heavy atom. The predicted octanol–water partition coefficient (Wildman–Crippen LogP) is 3.11. The zero-order valence-corrected chi connectivity index (χ0v) is 10.7. The van der Waals surface area contributed by atoms with Crippen molar-refractivity contribution in [1.29, 1.82) is 0 Å². The molecule has 0 amide bonds. The molecule has 0 saturated carbocycles. The molecule has 4 nitrogen and oxygen atoms in total. The van der Waals surface area contributed by atoms with Crippen molar-refractivity contribution in [2.75, 3.05) is 11.9 Å². The van der Waals surface area contributed by atoms with Gasteiger partial charge in [0.2, 0.25) is 5.88 Å². The van der Waals surface area contributed by atoms with Crippen molar-refractivity contribution in [3.05, 3.63) is 34.8 Å². The summed E-state index contributed by atoms with van der Waals surface area (Å²) < 4.78 is 5.35. The number of anilines is 1. The fraction of sp³-hybridized carbons (Fsp3) is 0.333. The minimum atomic E-state index is 0.152. The molecule has 0 aliphatic rings. The van der Waals surface area contributed by atoms with Crippen molar-refractivity contribution < 1.29 is 4.74 Å². The lowest BCUT2D eigenvalue weighted by Crippen LogP contribution is -2.08. The summed E-state index contributed by atoms with van der Waals surface area (Å²) in [5, 5.41) is 6.32. The molecular weight excluding hydrogens is 234 g/mol. The van der Waals surface area contributed by atoms with Gasteiger partial charge in [-0.2, -0.15) is 4.98 Å². The number of thiazole rings is 1. The Labute approximate surface area is 105 Å². The van der Waals surface area contributed by atoms with E-state index in [0.29, 0.717) is 12.5 Å². The van der Waals surface area contributed by atoms with Gasteiger partial charge in [-0.25, -0.2) is 4.98 Å². The second-order valence-corrected chi connectivity index (χ2v) is 4.46. The van der Waals surface area contributed by atoms with E-state index in [4.69, 9.17) is 4.74 Å². The number of rotatable bonds is 5. The van der Waals surface area contributed by atoms with Crippen LogP contribution in [0.3, 0.4) is 0 Å². The Morgan fingerprint density at radius 1 is 1.47 bits per heavy atom. The third-order valence-corrected chi connectivity index (χ3v) is 3.16. The summed E-state index contributed by atoms with van der Waals surface area (Å²) in [6.07, 6.45) is 1.81. The van der Waals surface area contributed by atoms with Crippen LogP contribution in [0.25, 0.3) is 0 Å². The molecule has 0 aromatic carbocycles. The lowest BCUT2D eigenvalue weighted by Gasteiger charge is -2.12.